The van der Waals surface area contributed by atoms with E-state index in [1.807, 2.05) is 26.0 Å². The van der Waals surface area contributed by atoms with Gasteiger partial charge < -0.3 is 15.1 Å². The third-order valence-corrected chi connectivity index (χ3v) is 4.66. The van der Waals surface area contributed by atoms with E-state index in [1.54, 1.807) is 11.1 Å². The zero-order valence-electron chi connectivity index (χ0n) is 15.0. The highest BCUT2D eigenvalue weighted by Crippen LogP contribution is 2.24. The molecule has 1 saturated heterocycles. The number of amides is 1. The molecule has 1 N–H and O–H groups in total. The van der Waals surface area contributed by atoms with E-state index in [2.05, 4.69) is 39.5 Å². The van der Waals surface area contributed by atoms with Crippen molar-refractivity contribution in [2.24, 2.45) is 0 Å². The molecule has 1 amide bonds. The molecule has 1 fully saturated rings. The standard InChI is InChI=1S/C20H26N4O/c1-3-23(4-2)20(25)19-15-17(11-12-21-19)22-16-7-9-18(10-8-16)24-13-5-6-14-24/h7-12,15H,3-6,13-14H2,1-2H3,(H,21,22). The number of pyridine rings is 1. The molecule has 0 unspecified atom stereocenters. The lowest BCUT2D eigenvalue weighted by molar-refractivity contribution is 0.0767. The molecule has 1 aliphatic heterocycles. The first-order chi connectivity index (χ1) is 12.2. The van der Waals surface area contributed by atoms with Gasteiger partial charge in [-0.1, -0.05) is 0 Å². The van der Waals surface area contributed by atoms with Crippen molar-refractivity contribution in [2.75, 3.05) is 36.4 Å². The normalized spacial score (nSPS) is 13.8. The maximum absolute atomic E-state index is 12.4. The minimum atomic E-state index is -0.0296. The van der Waals surface area contributed by atoms with Crippen molar-refractivity contribution in [1.82, 2.24) is 9.88 Å². The topological polar surface area (TPSA) is 48.5 Å². The van der Waals surface area contributed by atoms with Crippen molar-refractivity contribution in [2.45, 2.75) is 26.7 Å². The average Bonchev–Trinajstić information content (AvgIpc) is 3.18. The van der Waals surface area contributed by atoms with Gasteiger partial charge in [0.15, 0.2) is 0 Å². The molecule has 0 aliphatic carbocycles. The molecular weight excluding hydrogens is 312 g/mol. The van der Waals surface area contributed by atoms with Gasteiger partial charge in [-0.3, -0.25) is 9.78 Å². The number of rotatable bonds is 6. The van der Waals surface area contributed by atoms with Gasteiger partial charge in [0, 0.05) is 49.4 Å². The number of carbonyl (C=O) groups is 1. The van der Waals surface area contributed by atoms with Crippen LogP contribution in [0.3, 0.4) is 0 Å². The molecule has 2 heterocycles. The molecule has 5 heteroatoms. The van der Waals surface area contributed by atoms with Crippen LogP contribution < -0.4 is 10.2 Å². The van der Waals surface area contributed by atoms with Crippen LogP contribution in [-0.4, -0.2) is 42.0 Å². The van der Waals surface area contributed by atoms with E-state index in [9.17, 15) is 4.79 Å². The smallest absolute Gasteiger partial charge is 0.272 e. The summed E-state index contributed by atoms with van der Waals surface area (Å²) in [6, 6.07) is 12.2. The molecule has 1 aliphatic rings. The van der Waals surface area contributed by atoms with Gasteiger partial charge in [-0.05, 0) is 63.1 Å². The van der Waals surface area contributed by atoms with Crippen LogP contribution in [0.1, 0.15) is 37.2 Å². The summed E-state index contributed by atoms with van der Waals surface area (Å²) in [4.78, 5) is 20.8. The quantitative estimate of drug-likeness (QED) is 0.867. The predicted molar refractivity (Wildman–Crippen MR) is 103 cm³/mol. The van der Waals surface area contributed by atoms with Gasteiger partial charge >= 0.3 is 0 Å². The van der Waals surface area contributed by atoms with E-state index in [0.717, 1.165) is 24.5 Å². The Morgan fingerprint density at radius 1 is 1.08 bits per heavy atom. The second-order valence-electron chi connectivity index (χ2n) is 6.27. The van der Waals surface area contributed by atoms with Gasteiger partial charge in [0.25, 0.3) is 5.91 Å². The molecule has 25 heavy (non-hydrogen) atoms. The van der Waals surface area contributed by atoms with Gasteiger partial charge in [-0.15, -0.1) is 0 Å². The largest absolute Gasteiger partial charge is 0.372 e. The highest BCUT2D eigenvalue weighted by atomic mass is 16.2. The van der Waals surface area contributed by atoms with Gasteiger partial charge in [0.2, 0.25) is 0 Å². The molecule has 0 atom stereocenters. The minimum absolute atomic E-state index is 0.0296. The Morgan fingerprint density at radius 2 is 1.76 bits per heavy atom. The maximum Gasteiger partial charge on any atom is 0.272 e. The third-order valence-electron chi connectivity index (χ3n) is 4.66. The monoisotopic (exact) mass is 338 g/mol. The fraction of sp³-hybridized carbons (Fsp3) is 0.400. The number of benzene rings is 1. The van der Waals surface area contributed by atoms with Crippen LogP contribution in [0, 0.1) is 0 Å². The van der Waals surface area contributed by atoms with Crippen molar-refractivity contribution in [1.29, 1.82) is 0 Å². The number of anilines is 3. The molecule has 3 rings (SSSR count). The number of carbonyl (C=O) groups excluding carboxylic acids is 1. The highest BCUT2D eigenvalue weighted by molar-refractivity contribution is 5.93. The Bertz CT molecular complexity index is 704. The summed E-state index contributed by atoms with van der Waals surface area (Å²) in [6.45, 7) is 7.62. The van der Waals surface area contributed by atoms with Crippen molar-refractivity contribution in [3.8, 4) is 0 Å². The second-order valence-corrected chi connectivity index (χ2v) is 6.27. The van der Waals surface area contributed by atoms with Crippen molar-refractivity contribution >= 4 is 23.0 Å². The Kier molecular flexibility index (Phi) is 5.53. The number of nitrogens with zero attached hydrogens (tertiary/aromatic N) is 3. The summed E-state index contributed by atoms with van der Waals surface area (Å²) >= 11 is 0. The van der Waals surface area contributed by atoms with E-state index in [1.165, 1.54) is 18.5 Å². The van der Waals surface area contributed by atoms with E-state index in [0.29, 0.717) is 18.8 Å². The number of hydrogen-bond acceptors (Lipinski definition) is 4. The van der Waals surface area contributed by atoms with Crippen LogP contribution in [0.25, 0.3) is 0 Å². The lowest BCUT2D eigenvalue weighted by atomic mass is 10.2. The van der Waals surface area contributed by atoms with E-state index >= 15 is 0 Å². The van der Waals surface area contributed by atoms with Crippen molar-refractivity contribution < 1.29 is 4.79 Å². The molecular formula is C20H26N4O. The van der Waals surface area contributed by atoms with E-state index in [-0.39, 0.29) is 5.91 Å². The summed E-state index contributed by atoms with van der Waals surface area (Å²) in [5.74, 6) is -0.0296. The molecule has 0 radical (unpaired) electrons. The molecule has 0 saturated carbocycles. The van der Waals surface area contributed by atoms with Crippen molar-refractivity contribution in [3.63, 3.8) is 0 Å². The average molecular weight is 338 g/mol. The maximum atomic E-state index is 12.4. The lowest BCUT2D eigenvalue weighted by Crippen LogP contribution is -2.31. The van der Waals surface area contributed by atoms with Gasteiger partial charge in [0.05, 0.1) is 0 Å². The first-order valence-electron chi connectivity index (χ1n) is 9.08. The van der Waals surface area contributed by atoms with E-state index in [4.69, 9.17) is 0 Å². The lowest BCUT2D eigenvalue weighted by Gasteiger charge is -2.19. The fourth-order valence-electron chi connectivity index (χ4n) is 3.20. The predicted octanol–water partition coefficient (Wildman–Crippen LogP) is 3.91. The van der Waals surface area contributed by atoms with Crippen LogP contribution in [0.15, 0.2) is 42.6 Å². The van der Waals surface area contributed by atoms with Crippen LogP contribution in [-0.2, 0) is 0 Å². The van der Waals surface area contributed by atoms with Crippen LogP contribution in [0.4, 0.5) is 17.1 Å². The zero-order chi connectivity index (χ0) is 17.6. The fourth-order valence-corrected chi connectivity index (χ4v) is 3.20. The Hall–Kier alpha value is -2.56. The molecule has 1 aromatic heterocycles. The molecule has 0 bridgehead atoms. The number of hydrogen-bond donors (Lipinski definition) is 1. The number of aromatic nitrogens is 1. The summed E-state index contributed by atoms with van der Waals surface area (Å²) in [6.07, 6.45) is 4.23. The minimum Gasteiger partial charge on any atom is -0.372 e. The molecule has 132 valence electrons. The molecule has 0 spiro atoms. The summed E-state index contributed by atoms with van der Waals surface area (Å²) in [5, 5.41) is 3.36. The first kappa shape index (κ1) is 17.3. The van der Waals surface area contributed by atoms with Crippen molar-refractivity contribution in [3.05, 3.63) is 48.3 Å². The summed E-state index contributed by atoms with van der Waals surface area (Å²) in [7, 11) is 0. The Labute approximate surface area is 149 Å². The Morgan fingerprint density at radius 3 is 2.40 bits per heavy atom. The number of nitrogens with one attached hydrogen (secondary N) is 1. The second kappa shape index (κ2) is 8.01. The zero-order valence-corrected chi connectivity index (χ0v) is 15.0. The van der Waals surface area contributed by atoms with E-state index < -0.39 is 0 Å². The summed E-state index contributed by atoms with van der Waals surface area (Å²) < 4.78 is 0. The third kappa shape index (κ3) is 4.10. The van der Waals surface area contributed by atoms with Crippen LogP contribution in [0.2, 0.25) is 0 Å². The summed E-state index contributed by atoms with van der Waals surface area (Å²) in [5.41, 5.74) is 3.63. The molecule has 2 aromatic rings. The molecule has 5 nitrogen and oxygen atoms in total. The highest BCUT2D eigenvalue weighted by Gasteiger charge is 2.14. The first-order valence-corrected chi connectivity index (χ1v) is 9.08. The molecule has 1 aromatic carbocycles. The van der Waals surface area contributed by atoms with Crippen LogP contribution in [0.5, 0.6) is 0 Å². The van der Waals surface area contributed by atoms with Gasteiger partial charge in [-0.25, -0.2) is 0 Å². The van der Waals surface area contributed by atoms with Crippen LogP contribution >= 0.6 is 0 Å². The SMILES string of the molecule is CCN(CC)C(=O)c1cc(Nc2ccc(N3CCCC3)cc2)ccn1. The van der Waals surface area contributed by atoms with Gasteiger partial charge in [0.1, 0.15) is 5.69 Å². The Balaban J connectivity index is 1.70. The van der Waals surface area contributed by atoms with Gasteiger partial charge in [-0.2, -0.15) is 0 Å².